The molecule has 2 rings (SSSR count). The molecule has 2 nitrogen and oxygen atoms in total. The number of aromatic amines is 1. The van der Waals surface area contributed by atoms with Crippen LogP contribution in [0.1, 0.15) is 15.9 Å². The second-order valence-corrected chi connectivity index (χ2v) is 3.91. The molecule has 76 valence electrons. The molecule has 0 saturated heterocycles. The molecule has 0 saturated carbocycles. The van der Waals surface area contributed by atoms with Crippen LogP contribution in [0.4, 0.5) is 4.39 Å². The number of hydrogen-bond donors (Lipinski definition) is 1. The zero-order chi connectivity index (χ0) is 10.8. The van der Waals surface area contributed by atoms with E-state index >= 15 is 0 Å². The number of benzene rings is 1. The first-order valence-electron chi connectivity index (χ1n) is 4.31. The first-order chi connectivity index (χ1) is 7.18. The average Bonchev–Trinajstić information content (AvgIpc) is 2.74. The SMILES string of the molecule is O=C(c1cc[nH]c1)c1ccc(Br)c(F)c1. The van der Waals surface area contributed by atoms with Crippen LogP contribution < -0.4 is 0 Å². The number of rotatable bonds is 2. The van der Waals surface area contributed by atoms with Crippen LogP contribution in [0.2, 0.25) is 0 Å². The van der Waals surface area contributed by atoms with Gasteiger partial charge in [-0.3, -0.25) is 4.79 Å². The lowest BCUT2D eigenvalue weighted by Gasteiger charge is -1.99. The second-order valence-electron chi connectivity index (χ2n) is 3.06. The Bertz CT molecular complexity index is 493. The lowest BCUT2D eigenvalue weighted by Crippen LogP contribution is -2.00. The smallest absolute Gasteiger partial charge is 0.194 e. The maximum atomic E-state index is 13.2. The highest BCUT2D eigenvalue weighted by atomic mass is 79.9. The first kappa shape index (κ1) is 10.1. The van der Waals surface area contributed by atoms with Crippen LogP contribution in [0.25, 0.3) is 0 Å². The Morgan fingerprint density at radius 1 is 1.27 bits per heavy atom. The average molecular weight is 268 g/mol. The van der Waals surface area contributed by atoms with E-state index in [2.05, 4.69) is 20.9 Å². The summed E-state index contributed by atoms with van der Waals surface area (Å²) in [7, 11) is 0. The van der Waals surface area contributed by atoms with Crippen LogP contribution in [-0.2, 0) is 0 Å². The van der Waals surface area contributed by atoms with Gasteiger partial charge in [-0.05, 0) is 40.2 Å². The topological polar surface area (TPSA) is 32.9 Å². The van der Waals surface area contributed by atoms with Crippen molar-refractivity contribution >= 4 is 21.7 Å². The summed E-state index contributed by atoms with van der Waals surface area (Å²) in [6, 6.07) is 5.99. The number of carbonyl (C=O) groups excluding carboxylic acids is 1. The molecule has 0 fully saturated rings. The van der Waals surface area contributed by atoms with Gasteiger partial charge in [-0.15, -0.1) is 0 Å². The molecule has 0 bridgehead atoms. The summed E-state index contributed by atoms with van der Waals surface area (Å²) in [6.07, 6.45) is 3.24. The Hall–Kier alpha value is -1.42. The van der Waals surface area contributed by atoms with E-state index in [9.17, 15) is 9.18 Å². The molecule has 0 radical (unpaired) electrons. The highest BCUT2D eigenvalue weighted by molar-refractivity contribution is 9.10. The van der Waals surface area contributed by atoms with Crippen molar-refractivity contribution in [3.63, 3.8) is 0 Å². The first-order valence-corrected chi connectivity index (χ1v) is 5.10. The summed E-state index contributed by atoms with van der Waals surface area (Å²) in [4.78, 5) is 14.6. The summed E-state index contributed by atoms with van der Waals surface area (Å²) in [5.41, 5.74) is 0.868. The molecule has 1 heterocycles. The second kappa shape index (κ2) is 3.98. The molecule has 15 heavy (non-hydrogen) atoms. The molecular weight excluding hydrogens is 261 g/mol. The molecule has 1 aromatic carbocycles. The summed E-state index contributed by atoms with van der Waals surface area (Å²) in [6.45, 7) is 0. The van der Waals surface area contributed by atoms with Crippen LogP contribution in [0.5, 0.6) is 0 Å². The summed E-state index contributed by atoms with van der Waals surface area (Å²) >= 11 is 3.03. The minimum atomic E-state index is -0.434. The van der Waals surface area contributed by atoms with Gasteiger partial charge in [-0.25, -0.2) is 4.39 Å². The molecule has 0 unspecified atom stereocenters. The predicted octanol–water partition coefficient (Wildman–Crippen LogP) is 3.15. The summed E-state index contributed by atoms with van der Waals surface area (Å²) < 4.78 is 13.5. The minimum absolute atomic E-state index is 0.192. The zero-order valence-electron chi connectivity index (χ0n) is 7.63. The van der Waals surface area contributed by atoms with Crippen molar-refractivity contribution in [3.05, 3.63) is 58.1 Å². The molecule has 0 amide bonds. The van der Waals surface area contributed by atoms with Gasteiger partial charge in [0, 0.05) is 23.5 Å². The molecule has 1 aromatic heterocycles. The Morgan fingerprint density at radius 2 is 2.07 bits per heavy atom. The van der Waals surface area contributed by atoms with Crippen LogP contribution >= 0.6 is 15.9 Å². The highest BCUT2D eigenvalue weighted by Crippen LogP contribution is 2.18. The van der Waals surface area contributed by atoms with Crippen molar-refractivity contribution < 1.29 is 9.18 Å². The lowest BCUT2D eigenvalue weighted by molar-refractivity contribution is 0.103. The van der Waals surface area contributed by atoms with Crippen molar-refractivity contribution in [2.75, 3.05) is 0 Å². The molecule has 0 aliphatic carbocycles. The van der Waals surface area contributed by atoms with Gasteiger partial charge < -0.3 is 4.98 Å². The molecule has 0 atom stereocenters. The number of aromatic nitrogens is 1. The van der Waals surface area contributed by atoms with Crippen LogP contribution in [-0.4, -0.2) is 10.8 Å². The Kier molecular flexibility index (Phi) is 2.68. The third-order valence-corrected chi connectivity index (χ3v) is 2.69. The monoisotopic (exact) mass is 267 g/mol. The van der Waals surface area contributed by atoms with Gasteiger partial charge in [0.05, 0.1) is 4.47 Å². The van der Waals surface area contributed by atoms with Crippen molar-refractivity contribution in [1.82, 2.24) is 4.98 Å². The molecule has 0 aliphatic rings. The van der Waals surface area contributed by atoms with E-state index in [-0.39, 0.29) is 5.78 Å². The van der Waals surface area contributed by atoms with Gasteiger partial charge in [0.1, 0.15) is 5.82 Å². The van der Waals surface area contributed by atoms with Crippen molar-refractivity contribution in [3.8, 4) is 0 Å². The Balaban J connectivity index is 2.39. The molecule has 2 aromatic rings. The number of nitrogens with one attached hydrogen (secondary N) is 1. The standard InChI is InChI=1S/C11H7BrFNO/c12-9-2-1-7(5-10(9)13)11(15)8-3-4-14-6-8/h1-6,14H. The lowest BCUT2D eigenvalue weighted by atomic mass is 10.1. The van der Waals surface area contributed by atoms with Gasteiger partial charge in [0.25, 0.3) is 0 Å². The van der Waals surface area contributed by atoms with E-state index in [1.807, 2.05) is 0 Å². The summed E-state index contributed by atoms with van der Waals surface area (Å²) in [5.74, 6) is -0.626. The van der Waals surface area contributed by atoms with Gasteiger partial charge in [0.15, 0.2) is 5.78 Å². The van der Waals surface area contributed by atoms with Crippen LogP contribution in [0.3, 0.4) is 0 Å². The third kappa shape index (κ3) is 1.99. The van der Waals surface area contributed by atoms with Gasteiger partial charge in [0.2, 0.25) is 0 Å². The van der Waals surface area contributed by atoms with E-state index in [1.165, 1.54) is 12.1 Å². The number of halogens is 2. The predicted molar refractivity (Wildman–Crippen MR) is 58.3 cm³/mol. The molecular formula is C11H7BrFNO. The largest absolute Gasteiger partial charge is 0.367 e. The molecule has 0 aliphatic heterocycles. The fourth-order valence-electron chi connectivity index (χ4n) is 1.27. The number of H-pyrrole nitrogens is 1. The minimum Gasteiger partial charge on any atom is -0.367 e. The highest BCUT2D eigenvalue weighted by Gasteiger charge is 2.11. The quantitative estimate of drug-likeness (QED) is 0.834. The number of ketones is 1. The van der Waals surface area contributed by atoms with E-state index < -0.39 is 5.82 Å². The number of hydrogen-bond acceptors (Lipinski definition) is 1. The van der Waals surface area contributed by atoms with Crippen LogP contribution in [0.15, 0.2) is 41.1 Å². The third-order valence-electron chi connectivity index (χ3n) is 2.04. The fraction of sp³-hybridized carbons (Fsp3) is 0. The van der Waals surface area contributed by atoms with Gasteiger partial charge in [-0.2, -0.15) is 0 Å². The van der Waals surface area contributed by atoms with Gasteiger partial charge >= 0.3 is 0 Å². The van der Waals surface area contributed by atoms with E-state index in [1.54, 1.807) is 24.5 Å². The zero-order valence-corrected chi connectivity index (χ0v) is 9.21. The van der Waals surface area contributed by atoms with Crippen molar-refractivity contribution in [2.24, 2.45) is 0 Å². The maximum absolute atomic E-state index is 13.2. The molecule has 4 heteroatoms. The Labute approximate surface area is 94.3 Å². The van der Waals surface area contributed by atoms with E-state index in [0.29, 0.717) is 15.6 Å². The molecule has 0 spiro atoms. The number of carbonyl (C=O) groups is 1. The summed E-state index contributed by atoms with van der Waals surface area (Å²) in [5, 5.41) is 0. The van der Waals surface area contributed by atoms with E-state index in [0.717, 1.165) is 0 Å². The van der Waals surface area contributed by atoms with E-state index in [4.69, 9.17) is 0 Å². The van der Waals surface area contributed by atoms with Crippen molar-refractivity contribution in [1.29, 1.82) is 0 Å². The van der Waals surface area contributed by atoms with Crippen LogP contribution in [0, 0.1) is 5.82 Å². The Morgan fingerprint density at radius 3 is 2.67 bits per heavy atom. The molecule has 1 N–H and O–H groups in total. The fourth-order valence-corrected chi connectivity index (χ4v) is 1.52. The maximum Gasteiger partial charge on any atom is 0.194 e. The normalized spacial score (nSPS) is 10.3. The van der Waals surface area contributed by atoms with Crippen molar-refractivity contribution in [2.45, 2.75) is 0 Å². The van der Waals surface area contributed by atoms with Gasteiger partial charge in [-0.1, -0.05) is 0 Å².